The fraction of sp³-hybridized carbons (Fsp3) is 0.688. The second-order valence-electron chi connectivity index (χ2n) is 6.43. The van der Waals surface area contributed by atoms with Gasteiger partial charge in [0, 0.05) is 25.0 Å². The van der Waals surface area contributed by atoms with Gasteiger partial charge in [0.1, 0.15) is 5.76 Å². The van der Waals surface area contributed by atoms with Crippen molar-refractivity contribution >= 4 is 15.8 Å². The molecular weight excluding hydrogens is 314 g/mol. The Bertz CT molecular complexity index is 619. The molecule has 6 nitrogen and oxygen atoms in total. The van der Waals surface area contributed by atoms with Crippen molar-refractivity contribution < 1.29 is 12.8 Å². The van der Waals surface area contributed by atoms with Crippen molar-refractivity contribution in [1.82, 2.24) is 10.6 Å². The Hall–Kier alpha value is -1.50. The molecule has 1 saturated carbocycles. The normalized spacial score (nSPS) is 24.9. The van der Waals surface area contributed by atoms with Crippen molar-refractivity contribution in [3.63, 3.8) is 0 Å². The summed E-state index contributed by atoms with van der Waals surface area (Å²) in [5, 5.41) is 6.77. The Morgan fingerprint density at radius 3 is 2.65 bits per heavy atom. The topological polar surface area (TPSA) is 83.7 Å². The van der Waals surface area contributed by atoms with E-state index in [2.05, 4.69) is 15.6 Å². The summed E-state index contributed by atoms with van der Waals surface area (Å²) in [7, 11) is -2.88. The summed E-state index contributed by atoms with van der Waals surface area (Å²) in [5.74, 6) is 2.13. The minimum Gasteiger partial charge on any atom is -0.469 e. The lowest BCUT2D eigenvalue weighted by atomic mass is 10.2. The van der Waals surface area contributed by atoms with E-state index in [1.165, 1.54) is 12.8 Å². The molecule has 2 fully saturated rings. The maximum atomic E-state index is 11.6. The first kappa shape index (κ1) is 16.4. The van der Waals surface area contributed by atoms with Crippen molar-refractivity contribution in [2.75, 3.05) is 18.1 Å². The zero-order valence-electron chi connectivity index (χ0n) is 13.3. The smallest absolute Gasteiger partial charge is 0.191 e. The highest BCUT2D eigenvalue weighted by atomic mass is 32.2. The molecule has 1 unspecified atom stereocenters. The van der Waals surface area contributed by atoms with E-state index in [1.54, 1.807) is 6.26 Å². The van der Waals surface area contributed by atoms with E-state index in [-0.39, 0.29) is 17.5 Å². The number of hydrogen-bond acceptors (Lipinski definition) is 4. The Labute approximate surface area is 137 Å². The van der Waals surface area contributed by atoms with Crippen LogP contribution in [0.15, 0.2) is 27.8 Å². The molecule has 0 bridgehead atoms. The Balaban J connectivity index is 1.58. The van der Waals surface area contributed by atoms with Gasteiger partial charge in [-0.2, -0.15) is 0 Å². The third-order valence-electron chi connectivity index (χ3n) is 4.48. The van der Waals surface area contributed by atoms with Gasteiger partial charge in [-0.1, -0.05) is 12.8 Å². The number of aliphatic imine (C=N–C) groups is 1. The average molecular weight is 339 g/mol. The SMILES string of the molecule is O=S1(=O)CCC(NC(=NCCc2ccco2)NC2CCCC2)C1. The van der Waals surface area contributed by atoms with Crippen LogP contribution < -0.4 is 10.6 Å². The average Bonchev–Trinajstić information content (AvgIpc) is 3.22. The van der Waals surface area contributed by atoms with Crippen LogP contribution in [-0.2, 0) is 16.3 Å². The molecule has 1 saturated heterocycles. The molecule has 0 aromatic carbocycles. The van der Waals surface area contributed by atoms with Gasteiger partial charge in [0.05, 0.1) is 17.8 Å². The summed E-state index contributed by atoms with van der Waals surface area (Å²) in [6.45, 7) is 0.620. The number of hydrogen-bond donors (Lipinski definition) is 2. The van der Waals surface area contributed by atoms with Crippen LogP contribution in [0.4, 0.5) is 0 Å². The molecule has 1 atom stereocenters. The third kappa shape index (κ3) is 4.99. The maximum Gasteiger partial charge on any atom is 0.191 e. The van der Waals surface area contributed by atoms with Crippen LogP contribution >= 0.6 is 0 Å². The van der Waals surface area contributed by atoms with Gasteiger partial charge in [0.25, 0.3) is 0 Å². The van der Waals surface area contributed by atoms with E-state index in [4.69, 9.17) is 4.42 Å². The van der Waals surface area contributed by atoms with Gasteiger partial charge >= 0.3 is 0 Å². The molecule has 7 heteroatoms. The quantitative estimate of drug-likeness (QED) is 0.627. The lowest BCUT2D eigenvalue weighted by Crippen LogP contribution is -2.47. The van der Waals surface area contributed by atoms with Crippen LogP contribution in [0.25, 0.3) is 0 Å². The molecular formula is C16H25N3O3S. The van der Waals surface area contributed by atoms with Gasteiger partial charge in [-0.05, 0) is 31.4 Å². The minimum absolute atomic E-state index is 0.0312. The highest BCUT2D eigenvalue weighted by molar-refractivity contribution is 7.91. The first-order valence-electron chi connectivity index (χ1n) is 8.41. The van der Waals surface area contributed by atoms with Crippen molar-refractivity contribution in [3.05, 3.63) is 24.2 Å². The van der Waals surface area contributed by atoms with E-state index < -0.39 is 9.84 Å². The van der Waals surface area contributed by atoms with Crippen LogP contribution in [0.3, 0.4) is 0 Å². The highest BCUT2D eigenvalue weighted by Crippen LogP contribution is 2.18. The number of furan rings is 1. The Morgan fingerprint density at radius 1 is 1.22 bits per heavy atom. The number of guanidine groups is 1. The van der Waals surface area contributed by atoms with Gasteiger partial charge in [-0.3, -0.25) is 4.99 Å². The molecule has 128 valence electrons. The molecule has 0 radical (unpaired) electrons. The third-order valence-corrected chi connectivity index (χ3v) is 6.25. The van der Waals surface area contributed by atoms with E-state index in [0.29, 0.717) is 19.0 Å². The van der Waals surface area contributed by atoms with E-state index in [1.807, 2.05) is 12.1 Å². The predicted molar refractivity (Wildman–Crippen MR) is 90.3 cm³/mol. The summed E-state index contributed by atoms with van der Waals surface area (Å²) in [5.41, 5.74) is 0. The summed E-state index contributed by atoms with van der Waals surface area (Å²) >= 11 is 0. The molecule has 23 heavy (non-hydrogen) atoms. The fourth-order valence-corrected chi connectivity index (χ4v) is 4.90. The van der Waals surface area contributed by atoms with Crippen LogP contribution in [-0.4, -0.2) is 44.5 Å². The molecule has 1 aromatic heterocycles. The van der Waals surface area contributed by atoms with Crippen molar-refractivity contribution in [2.45, 2.75) is 50.6 Å². The first-order chi connectivity index (χ1) is 11.1. The second kappa shape index (κ2) is 7.38. The fourth-order valence-electron chi connectivity index (χ4n) is 3.23. The van der Waals surface area contributed by atoms with Crippen LogP contribution in [0, 0.1) is 0 Å². The molecule has 1 aliphatic heterocycles. The monoisotopic (exact) mass is 339 g/mol. The first-order valence-corrected chi connectivity index (χ1v) is 10.2. The molecule has 2 N–H and O–H groups in total. The highest BCUT2D eigenvalue weighted by Gasteiger charge is 2.29. The molecule has 3 rings (SSSR count). The number of rotatable bonds is 5. The standard InChI is InChI=1S/C16H25N3O3S/c20-23(21)11-8-14(12-23)19-16(18-13-4-1-2-5-13)17-9-7-15-6-3-10-22-15/h3,6,10,13-14H,1-2,4-5,7-9,11-12H2,(H2,17,18,19). The van der Waals surface area contributed by atoms with Gasteiger partial charge in [0.2, 0.25) is 0 Å². The van der Waals surface area contributed by atoms with Crippen LogP contribution in [0.5, 0.6) is 0 Å². The molecule has 0 amide bonds. The summed E-state index contributed by atoms with van der Waals surface area (Å²) in [4.78, 5) is 4.61. The zero-order valence-corrected chi connectivity index (χ0v) is 14.1. The number of nitrogens with one attached hydrogen (secondary N) is 2. The van der Waals surface area contributed by atoms with E-state index >= 15 is 0 Å². The minimum atomic E-state index is -2.88. The molecule has 2 heterocycles. The zero-order chi connectivity index (χ0) is 16.1. The summed E-state index contributed by atoms with van der Waals surface area (Å²) < 4.78 is 28.6. The number of sulfone groups is 1. The molecule has 0 spiro atoms. The van der Waals surface area contributed by atoms with Gasteiger partial charge in [0.15, 0.2) is 15.8 Å². The van der Waals surface area contributed by atoms with Gasteiger partial charge in [-0.25, -0.2) is 8.42 Å². The summed E-state index contributed by atoms with van der Waals surface area (Å²) in [6, 6.07) is 4.23. The van der Waals surface area contributed by atoms with Crippen molar-refractivity contribution in [3.8, 4) is 0 Å². The van der Waals surface area contributed by atoms with Gasteiger partial charge < -0.3 is 15.1 Å². The van der Waals surface area contributed by atoms with Crippen molar-refractivity contribution in [2.24, 2.45) is 4.99 Å². The second-order valence-corrected chi connectivity index (χ2v) is 8.66. The Morgan fingerprint density at radius 2 is 2.00 bits per heavy atom. The largest absolute Gasteiger partial charge is 0.469 e. The summed E-state index contributed by atoms with van der Waals surface area (Å²) in [6.07, 6.45) is 7.87. The Kier molecular flexibility index (Phi) is 5.25. The van der Waals surface area contributed by atoms with Crippen molar-refractivity contribution in [1.29, 1.82) is 0 Å². The lowest BCUT2D eigenvalue weighted by molar-refractivity contribution is 0.510. The maximum absolute atomic E-state index is 11.6. The van der Waals surface area contributed by atoms with Crippen LogP contribution in [0.1, 0.15) is 37.9 Å². The van der Waals surface area contributed by atoms with Gasteiger partial charge in [-0.15, -0.1) is 0 Å². The van der Waals surface area contributed by atoms with Crippen LogP contribution in [0.2, 0.25) is 0 Å². The molecule has 2 aliphatic rings. The van der Waals surface area contributed by atoms with E-state index in [0.717, 1.165) is 31.0 Å². The molecule has 1 aromatic rings. The number of nitrogens with zero attached hydrogens (tertiary/aromatic N) is 1. The molecule has 1 aliphatic carbocycles. The van der Waals surface area contributed by atoms with E-state index in [9.17, 15) is 8.42 Å². The lowest BCUT2D eigenvalue weighted by Gasteiger charge is -2.20. The predicted octanol–water partition coefficient (Wildman–Crippen LogP) is 1.49.